The molecular weight excluding hydrogens is 258 g/mol. The van der Waals surface area contributed by atoms with Crippen LogP contribution in [0.1, 0.15) is 25.7 Å². The Balaban J connectivity index is 1.70. The molecule has 0 atom stereocenters. The maximum absolute atomic E-state index is 12.0. The largest absolute Gasteiger partial charge is 0.302 e. The monoisotopic (exact) mass is 273 g/mol. The summed E-state index contributed by atoms with van der Waals surface area (Å²) in [4.78, 5) is 20.5. The molecule has 0 radical (unpaired) electrons. The van der Waals surface area contributed by atoms with Crippen LogP contribution in [0.2, 0.25) is 0 Å². The summed E-state index contributed by atoms with van der Waals surface area (Å²) in [6.07, 6.45) is 7.85. The van der Waals surface area contributed by atoms with Gasteiger partial charge >= 0.3 is 0 Å². The number of rotatable bonds is 3. The highest BCUT2D eigenvalue weighted by molar-refractivity contribution is 7.14. The number of hydrogen-bond donors (Lipinski definition) is 1. The first kappa shape index (κ1) is 12.3. The molecule has 1 saturated carbocycles. The van der Waals surface area contributed by atoms with Crippen LogP contribution in [0.5, 0.6) is 0 Å². The molecule has 0 spiro atoms. The van der Waals surface area contributed by atoms with E-state index in [1.165, 1.54) is 11.3 Å². The summed E-state index contributed by atoms with van der Waals surface area (Å²) < 4.78 is 0. The topological polar surface area (TPSA) is 54.9 Å². The minimum Gasteiger partial charge on any atom is -0.302 e. The van der Waals surface area contributed by atoms with Crippen molar-refractivity contribution in [1.29, 1.82) is 0 Å². The molecule has 0 unspecified atom stereocenters. The van der Waals surface area contributed by atoms with Crippen LogP contribution in [0.3, 0.4) is 0 Å². The second-order valence-corrected chi connectivity index (χ2v) is 5.61. The minimum atomic E-state index is 0.115. The third kappa shape index (κ3) is 2.81. The van der Waals surface area contributed by atoms with Crippen LogP contribution in [0, 0.1) is 5.92 Å². The van der Waals surface area contributed by atoms with Crippen molar-refractivity contribution >= 4 is 22.4 Å². The lowest BCUT2D eigenvalue weighted by Crippen LogP contribution is -2.20. The van der Waals surface area contributed by atoms with E-state index < -0.39 is 0 Å². The zero-order valence-electron chi connectivity index (χ0n) is 10.5. The van der Waals surface area contributed by atoms with Gasteiger partial charge in [0.1, 0.15) is 0 Å². The number of anilines is 1. The predicted octanol–water partition coefficient (Wildman–Crippen LogP) is 3.33. The maximum atomic E-state index is 12.0. The maximum Gasteiger partial charge on any atom is 0.229 e. The number of carbonyl (C=O) groups excluding carboxylic acids is 1. The molecule has 5 heteroatoms. The third-order valence-corrected chi connectivity index (χ3v) is 4.18. The molecule has 1 fully saturated rings. The third-order valence-electron chi connectivity index (χ3n) is 3.42. The molecule has 4 nitrogen and oxygen atoms in total. The number of hydrogen-bond acceptors (Lipinski definition) is 4. The molecule has 2 aromatic heterocycles. The van der Waals surface area contributed by atoms with Gasteiger partial charge < -0.3 is 5.32 Å². The van der Waals surface area contributed by atoms with E-state index in [2.05, 4.69) is 15.3 Å². The lowest BCUT2D eigenvalue weighted by atomic mass is 10.1. The predicted molar refractivity (Wildman–Crippen MR) is 75.9 cm³/mol. The molecule has 0 bridgehead atoms. The van der Waals surface area contributed by atoms with E-state index in [4.69, 9.17) is 0 Å². The van der Waals surface area contributed by atoms with Crippen molar-refractivity contribution in [2.45, 2.75) is 25.7 Å². The van der Waals surface area contributed by atoms with Crippen molar-refractivity contribution in [3.8, 4) is 11.3 Å². The Labute approximate surface area is 115 Å². The molecular formula is C14H15N3OS. The van der Waals surface area contributed by atoms with Crippen molar-refractivity contribution < 1.29 is 4.79 Å². The summed E-state index contributed by atoms with van der Waals surface area (Å²) in [5.74, 6) is 0.287. The molecule has 0 aliphatic heterocycles. The lowest BCUT2D eigenvalue weighted by Gasteiger charge is -2.07. The van der Waals surface area contributed by atoms with E-state index in [-0.39, 0.29) is 11.8 Å². The Morgan fingerprint density at radius 3 is 2.95 bits per heavy atom. The fourth-order valence-corrected chi connectivity index (χ4v) is 3.10. The Morgan fingerprint density at radius 2 is 2.21 bits per heavy atom. The number of aromatic nitrogens is 2. The van der Waals surface area contributed by atoms with E-state index in [0.717, 1.165) is 36.9 Å². The molecule has 19 heavy (non-hydrogen) atoms. The average molecular weight is 273 g/mol. The fourth-order valence-electron chi connectivity index (χ4n) is 2.37. The standard InChI is InChI=1S/C14H15N3OS/c18-13(10-4-1-2-5-10)17-14-16-12(9-19-14)11-6-3-7-15-8-11/h3,6-10H,1-2,4-5H2,(H,16,17,18). The van der Waals surface area contributed by atoms with Gasteiger partial charge in [-0.2, -0.15) is 0 Å². The molecule has 3 rings (SSSR count). The number of amides is 1. The van der Waals surface area contributed by atoms with E-state index in [1.807, 2.05) is 17.5 Å². The summed E-state index contributed by atoms with van der Waals surface area (Å²) in [5.41, 5.74) is 1.83. The van der Waals surface area contributed by atoms with Gasteiger partial charge in [-0.05, 0) is 25.0 Å². The van der Waals surface area contributed by atoms with Crippen LogP contribution in [0.4, 0.5) is 5.13 Å². The zero-order chi connectivity index (χ0) is 13.1. The molecule has 2 aromatic rings. The number of carbonyl (C=O) groups is 1. The van der Waals surface area contributed by atoms with Gasteiger partial charge in [-0.25, -0.2) is 4.98 Å². The first-order valence-corrected chi connectivity index (χ1v) is 7.38. The van der Waals surface area contributed by atoms with Gasteiger partial charge in [0.05, 0.1) is 5.69 Å². The summed E-state index contributed by atoms with van der Waals surface area (Å²) in [6, 6.07) is 3.84. The van der Waals surface area contributed by atoms with Crippen LogP contribution in [0.15, 0.2) is 29.9 Å². The van der Waals surface area contributed by atoms with E-state index in [0.29, 0.717) is 5.13 Å². The highest BCUT2D eigenvalue weighted by Crippen LogP contribution is 2.28. The fraction of sp³-hybridized carbons (Fsp3) is 0.357. The smallest absolute Gasteiger partial charge is 0.229 e. The Kier molecular flexibility index (Phi) is 3.55. The van der Waals surface area contributed by atoms with Gasteiger partial charge in [-0.3, -0.25) is 9.78 Å². The molecule has 1 amide bonds. The number of nitrogens with zero attached hydrogens (tertiary/aromatic N) is 2. The zero-order valence-corrected chi connectivity index (χ0v) is 11.3. The van der Waals surface area contributed by atoms with Gasteiger partial charge in [-0.1, -0.05) is 12.8 Å². The number of nitrogens with one attached hydrogen (secondary N) is 1. The second-order valence-electron chi connectivity index (χ2n) is 4.75. The molecule has 1 N–H and O–H groups in total. The Bertz CT molecular complexity index is 561. The molecule has 0 aromatic carbocycles. The number of thiazole rings is 1. The van der Waals surface area contributed by atoms with Gasteiger partial charge in [-0.15, -0.1) is 11.3 Å². The van der Waals surface area contributed by atoms with Crippen LogP contribution < -0.4 is 5.32 Å². The quantitative estimate of drug-likeness (QED) is 0.933. The van der Waals surface area contributed by atoms with Crippen LogP contribution in [-0.4, -0.2) is 15.9 Å². The van der Waals surface area contributed by atoms with Gasteiger partial charge in [0.25, 0.3) is 0 Å². The summed E-state index contributed by atoms with van der Waals surface area (Å²) in [6.45, 7) is 0. The number of pyridine rings is 1. The van der Waals surface area contributed by atoms with Crippen molar-refractivity contribution in [3.05, 3.63) is 29.9 Å². The van der Waals surface area contributed by atoms with Crippen molar-refractivity contribution in [3.63, 3.8) is 0 Å². The molecule has 0 saturated heterocycles. The highest BCUT2D eigenvalue weighted by Gasteiger charge is 2.23. The van der Waals surface area contributed by atoms with Crippen LogP contribution in [-0.2, 0) is 4.79 Å². The molecule has 98 valence electrons. The SMILES string of the molecule is O=C(Nc1nc(-c2cccnc2)cs1)C1CCCC1. The first-order valence-electron chi connectivity index (χ1n) is 6.50. The molecule has 1 aliphatic rings. The summed E-state index contributed by atoms with van der Waals surface area (Å²) in [5, 5.41) is 5.54. The van der Waals surface area contributed by atoms with Gasteiger partial charge in [0.2, 0.25) is 5.91 Å². The van der Waals surface area contributed by atoms with Gasteiger partial charge in [0, 0.05) is 29.3 Å². The average Bonchev–Trinajstić information content (AvgIpc) is 3.11. The van der Waals surface area contributed by atoms with Gasteiger partial charge in [0.15, 0.2) is 5.13 Å². The van der Waals surface area contributed by atoms with Crippen molar-refractivity contribution in [2.75, 3.05) is 5.32 Å². The Morgan fingerprint density at radius 1 is 1.37 bits per heavy atom. The Hall–Kier alpha value is -1.75. The van der Waals surface area contributed by atoms with Crippen LogP contribution in [0.25, 0.3) is 11.3 Å². The van der Waals surface area contributed by atoms with E-state index in [9.17, 15) is 4.79 Å². The normalized spacial score (nSPS) is 15.6. The first-order chi connectivity index (χ1) is 9.33. The van der Waals surface area contributed by atoms with E-state index in [1.54, 1.807) is 12.4 Å². The molecule has 1 aliphatic carbocycles. The highest BCUT2D eigenvalue weighted by atomic mass is 32.1. The second kappa shape index (κ2) is 5.48. The summed E-state index contributed by atoms with van der Waals surface area (Å²) >= 11 is 1.46. The van der Waals surface area contributed by atoms with Crippen molar-refractivity contribution in [2.24, 2.45) is 5.92 Å². The minimum absolute atomic E-state index is 0.115. The van der Waals surface area contributed by atoms with Crippen molar-refractivity contribution in [1.82, 2.24) is 9.97 Å². The van der Waals surface area contributed by atoms with Crippen LogP contribution >= 0.6 is 11.3 Å². The summed E-state index contributed by atoms with van der Waals surface area (Å²) in [7, 11) is 0. The van der Waals surface area contributed by atoms with E-state index >= 15 is 0 Å². The molecule has 2 heterocycles. The lowest BCUT2D eigenvalue weighted by molar-refractivity contribution is -0.119.